The zero-order chi connectivity index (χ0) is 15.7. The van der Waals surface area contributed by atoms with E-state index in [0.717, 1.165) is 0 Å². The van der Waals surface area contributed by atoms with E-state index in [1.165, 1.54) is 33.9 Å². The van der Waals surface area contributed by atoms with Gasteiger partial charge in [0.25, 0.3) is 5.56 Å². The third kappa shape index (κ3) is 2.75. The summed E-state index contributed by atoms with van der Waals surface area (Å²) in [5.41, 5.74) is 0.827. The molecule has 2 aromatic heterocycles. The molecule has 1 aromatic carbocycles. The minimum Gasteiger partial charge on any atom is -0.320 e. The number of fused-ring (bicyclic) bond motifs is 1. The number of carbonyl (C=O) groups is 1. The molecule has 22 heavy (non-hydrogen) atoms. The molecule has 2 heterocycles. The standard InChI is InChI=1S/C15H12FN3O2S/c1-9-13(14(21)19-5-6-22-15(19)17-9)18-12(20)8-10-3-2-4-11(16)7-10/h2-7H,8H2,1H3,(H,18,20). The Hall–Kier alpha value is -2.54. The van der Waals surface area contributed by atoms with Crippen LogP contribution < -0.4 is 10.9 Å². The SMILES string of the molecule is Cc1nc2sccn2c(=O)c1NC(=O)Cc1cccc(F)c1. The predicted octanol–water partition coefficient (Wildman–Crippen LogP) is 2.38. The van der Waals surface area contributed by atoms with Gasteiger partial charge in [0, 0.05) is 11.6 Å². The number of carbonyl (C=O) groups excluding carboxylic acids is 1. The fraction of sp³-hybridized carbons (Fsp3) is 0.133. The van der Waals surface area contributed by atoms with Gasteiger partial charge in [0.1, 0.15) is 11.5 Å². The van der Waals surface area contributed by atoms with Crippen LogP contribution in [0.2, 0.25) is 0 Å². The summed E-state index contributed by atoms with van der Waals surface area (Å²) < 4.78 is 14.5. The first-order valence-corrected chi connectivity index (χ1v) is 7.43. The summed E-state index contributed by atoms with van der Waals surface area (Å²) in [7, 11) is 0. The molecule has 0 atom stereocenters. The molecule has 0 aliphatic heterocycles. The fourth-order valence-corrected chi connectivity index (χ4v) is 2.89. The second kappa shape index (κ2) is 5.69. The van der Waals surface area contributed by atoms with Crippen molar-refractivity contribution >= 4 is 27.9 Å². The highest BCUT2D eigenvalue weighted by Gasteiger charge is 2.13. The van der Waals surface area contributed by atoms with Crippen LogP contribution in [0, 0.1) is 12.7 Å². The highest BCUT2D eigenvalue weighted by Crippen LogP contribution is 2.13. The Morgan fingerprint density at radius 2 is 2.27 bits per heavy atom. The lowest BCUT2D eigenvalue weighted by Gasteiger charge is -2.07. The Balaban J connectivity index is 1.86. The third-order valence-electron chi connectivity index (χ3n) is 3.17. The number of nitrogens with one attached hydrogen (secondary N) is 1. The molecule has 112 valence electrons. The second-order valence-corrected chi connectivity index (χ2v) is 5.66. The lowest BCUT2D eigenvalue weighted by Crippen LogP contribution is -2.25. The van der Waals surface area contributed by atoms with E-state index >= 15 is 0 Å². The molecule has 0 bridgehead atoms. The number of aromatic nitrogens is 2. The van der Waals surface area contributed by atoms with Gasteiger partial charge in [-0.25, -0.2) is 9.37 Å². The smallest absolute Gasteiger partial charge is 0.282 e. The largest absolute Gasteiger partial charge is 0.320 e. The van der Waals surface area contributed by atoms with Crippen molar-refractivity contribution < 1.29 is 9.18 Å². The number of amides is 1. The molecule has 0 unspecified atom stereocenters. The topological polar surface area (TPSA) is 63.5 Å². The Labute approximate surface area is 129 Å². The number of hydrogen-bond donors (Lipinski definition) is 1. The van der Waals surface area contributed by atoms with E-state index in [0.29, 0.717) is 16.2 Å². The molecule has 0 aliphatic rings. The van der Waals surface area contributed by atoms with E-state index in [-0.39, 0.29) is 23.6 Å². The molecule has 5 nitrogen and oxygen atoms in total. The molecule has 0 aliphatic carbocycles. The Bertz CT molecular complexity index is 917. The molecule has 3 rings (SSSR count). The van der Waals surface area contributed by atoms with Crippen LogP contribution in [0.25, 0.3) is 4.96 Å². The van der Waals surface area contributed by atoms with Crippen molar-refractivity contribution in [2.24, 2.45) is 0 Å². The van der Waals surface area contributed by atoms with Crippen LogP contribution in [-0.2, 0) is 11.2 Å². The van der Waals surface area contributed by atoms with Crippen molar-refractivity contribution in [1.82, 2.24) is 9.38 Å². The molecule has 3 aromatic rings. The number of halogens is 1. The molecular formula is C15H12FN3O2S. The van der Waals surface area contributed by atoms with Gasteiger partial charge in [0.2, 0.25) is 5.91 Å². The van der Waals surface area contributed by atoms with E-state index in [1.807, 2.05) is 0 Å². The molecule has 7 heteroatoms. The summed E-state index contributed by atoms with van der Waals surface area (Å²) in [5, 5.41) is 4.33. The van der Waals surface area contributed by atoms with Crippen molar-refractivity contribution in [1.29, 1.82) is 0 Å². The summed E-state index contributed by atoms with van der Waals surface area (Å²) >= 11 is 1.34. The summed E-state index contributed by atoms with van der Waals surface area (Å²) in [6.45, 7) is 1.67. The molecule has 0 spiro atoms. The van der Waals surface area contributed by atoms with Crippen molar-refractivity contribution in [3.8, 4) is 0 Å². The van der Waals surface area contributed by atoms with E-state index in [4.69, 9.17) is 0 Å². The van der Waals surface area contributed by atoms with Crippen molar-refractivity contribution in [3.63, 3.8) is 0 Å². The lowest BCUT2D eigenvalue weighted by molar-refractivity contribution is -0.115. The molecule has 0 fully saturated rings. The first kappa shape index (κ1) is 14.4. The summed E-state index contributed by atoms with van der Waals surface area (Å²) in [6.07, 6.45) is 1.60. The Kier molecular flexibility index (Phi) is 3.72. The maximum atomic E-state index is 13.1. The maximum absolute atomic E-state index is 13.1. The number of anilines is 1. The highest BCUT2D eigenvalue weighted by molar-refractivity contribution is 7.15. The van der Waals surface area contributed by atoms with Crippen LogP contribution >= 0.6 is 11.3 Å². The van der Waals surface area contributed by atoms with Gasteiger partial charge in [-0.3, -0.25) is 14.0 Å². The zero-order valence-electron chi connectivity index (χ0n) is 11.7. The van der Waals surface area contributed by atoms with E-state index in [2.05, 4.69) is 10.3 Å². The lowest BCUT2D eigenvalue weighted by atomic mass is 10.1. The quantitative estimate of drug-likeness (QED) is 0.807. The van der Waals surface area contributed by atoms with Crippen molar-refractivity contribution in [2.75, 3.05) is 5.32 Å². The first-order valence-electron chi connectivity index (χ1n) is 6.55. The van der Waals surface area contributed by atoms with Crippen LogP contribution in [-0.4, -0.2) is 15.3 Å². The zero-order valence-corrected chi connectivity index (χ0v) is 12.5. The highest BCUT2D eigenvalue weighted by atomic mass is 32.1. The average Bonchev–Trinajstić information content (AvgIpc) is 2.91. The Morgan fingerprint density at radius 3 is 3.05 bits per heavy atom. The van der Waals surface area contributed by atoms with E-state index < -0.39 is 5.82 Å². The first-order chi connectivity index (χ1) is 10.5. The summed E-state index contributed by atoms with van der Waals surface area (Å²) in [6, 6.07) is 5.80. The van der Waals surface area contributed by atoms with Crippen LogP contribution in [0.5, 0.6) is 0 Å². The molecule has 0 radical (unpaired) electrons. The molecule has 1 amide bonds. The minimum absolute atomic E-state index is 0.0109. The van der Waals surface area contributed by atoms with Crippen LogP contribution in [0.3, 0.4) is 0 Å². The number of benzene rings is 1. The fourth-order valence-electron chi connectivity index (χ4n) is 2.14. The van der Waals surface area contributed by atoms with Gasteiger partial charge >= 0.3 is 0 Å². The monoisotopic (exact) mass is 317 g/mol. The summed E-state index contributed by atoms with van der Waals surface area (Å²) in [4.78, 5) is 29.2. The number of nitrogens with zero attached hydrogens (tertiary/aromatic N) is 2. The van der Waals surface area contributed by atoms with Gasteiger partial charge in [-0.1, -0.05) is 12.1 Å². The Morgan fingerprint density at radius 1 is 1.45 bits per heavy atom. The summed E-state index contributed by atoms with van der Waals surface area (Å²) in [5.74, 6) is -0.786. The molecule has 0 saturated heterocycles. The number of rotatable bonds is 3. The molecule has 1 N–H and O–H groups in total. The van der Waals surface area contributed by atoms with Crippen LogP contribution in [0.15, 0.2) is 40.6 Å². The van der Waals surface area contributed by atoms with Crippen molar-refractivity contribution in [3.05, 3.63) is 63.3 Å². The number of thiazole rings is 1. The number of hydrogen-bond acceptors (Lipinski definition) is 4. The predicted molar refractivity (Wildman–Crippen MR) is 82.8 cm³/mol. The van der Waals surface area contributed by atoms with Gasteiger partial charge in [-0.15, -0.1) is 11.3 Å². The molecular weight excluding hydrogens is 305 g/mol. The van der Waals surface area contributed by atoms with Gasteiger partial charge in [-0.2, -0.15) is 0 Å². The maximum Gasteiger partial charge on any atom is 0.282 e. The van der Waals surface area contributed by atoms with Gasteiger partial charge < -0.3 is 5.32 Å². The van der Waals surface area contributed by atoms with Crippen LogP contribution in [0.1, 0.15) is 11.3 Å². The molecule has 0 saturated carbocycles. The number of aryl methyl sites for hydroxylation is 1. The van der Waals surface area contributed by atoms with Crippen LogP contribution in [0.4, 0.5) is 10.1 Å². The normalized spacial score (nSPS) is 10.8. The van der Waals surface area contributed by atoms with E-state index in [1.54, 1.807) is 24.6 Å². The van der Waals surface area contributed by atoms with Crippen molar-refractivity contribution in [2.45, 2.75) is 13.3 Å². The van der Waals surface area contributed by atoms with Gasteiger partial charge in [0.05, 0.1) is 12.1 Å². The van der Waals surface area contributed by atoms with Gasteiger partial charge in [0.15, 0.2) is 4.96 Å². The second-order valence-electron chi connectivity index (χ2n) is 4.79. The third-order valence-corrected chi connectivity index (χ3v) is 3.92. The minimum atomic E-state index is -0.400. The van der Waals surface area contributed by atoms with Gasteiger partial charge in [-0.05, 0) is 24.6 Å². The average molecular weight is 317 g/mol. The van der Waals surface area contributed by atoms with E-state index in [9.17, 15) is 14.0 Å².